The van der Waals surface area contributed by atoms with Gasteiger partial charge in [-0.3, -0.25) is 0 Å². The molecule has 2 aromatic rings. The molecule has 20 heavy (non-hydrogen) atoms. The van der Waals surface area contributed by atoms with Crippen LogP contribution < -0.4 is 5.76 Å². The van der Waals surface area contributed by atoms with Crippen molar-refractivity contribution in [2.45, 2.75) is 32.4 Å². The molecule has 6 heteroatoms. The molecule has 1 aromatic carbocycles. The molecule has 3 nitrogen and oxygen atoms in total. The van der Waals surface area contributed by atoms with Gasteiger partial charge in [0, 0.05) is 5.41 Å². The SMILES string of the molecule is CC(C)(C)c1cn(-c2cccc(C(F)(F)F)c2)c(=O)o1. The smallest absolute Gasteiger partial charge is 0.412 e. The highest BCUT2D eigenvalue weighted by molar-refractivity contribution is 5.37. The molecule has 0 spiro atoms. The first-order valence-corrected chi connectivity index (χ1v) is 5.99. The van der Waals surface area contributed by atoms with Crippen LogP contribution in [0, 0.1) is 0 Å². The Morgan fingerprint density at radius 3 is 2.30 bits per heavy atom. The molecule has 108 valence electrons. The van der Waals surface area contributed by atoms with E-state index in [1.54, 1.807) is 0 Å². The van der Waals surface area contributed by atoms with Crippen molar-refractivity contribution in [1.82, 2.24) is 4.57 Å². The number of alkyl halides is 3. The van der Waals surface area contributed by atoms with Crippen LogP contribution in [0.1, 0.15) is 32.1 Å². The number of hydrogen-bond donors (Lipinski definition) is 0. The van der Waals surface area contributed by atoms with E-state index < -0.39 is 22.9 Å². The molecular weight excluding hydrogens is 271 g/mol. The van der Waals surface area contributed by atoms with E-state index in [0.29, 0.717) is 5.76 Å². The van der Waals surface area contributed by atoms with Gasteiger partial charge in [0.1, 0.15) is 5.76 Å². The molecule has 0 amide bonds. The highest BCUT2D eigenvalue weighted by Crippen LogP contribution is 2.30. The molecule has 0 radical (unpaired) electrons. The Balaban J connectivity index is 2.53. The summed E-state index contributed by atoms with van der Waals surface area (Å²) in [5.74, 6) is -0.283. The van der Waals surface area contributed by atoms with Gasteiger partial charge in [-0.25, -0.2) is 9.36 Å². The average Bonchev–Trinajstić information content (AvgIpc) is 2.70. The Morgan fingerprint density at radius 2 is 1.80 bits per heavy atom. The molecule has 0 fully saturated rings. The van der Waals surface area contributed by atoms with Crippen LogP contribution in [0.3, 0.4) is 0 Å². The topological polar surface area (TPSA) is 35.1 Å². The van der Waals surface area contributed by atoms with E-state index in [4.69, 9.17) is 4.42 Å². The molecule has 0 aliphatic rings. The maximum Gasteiger partial charge on any atom is 0.423 e. The molecule has 0 atom stereocenters. The third-order valence-electron chi connectivity index (χ3n) is 2.83. The first kappa shape index (κ1) is 14.4. The lowest BCUT2D eigenvalue weighted by Gasteiger charge is -2.12. The molecular formula is C14H14F3NO2. The Kier molecular flexibility index (Phi) is 3.28. The second-order valence-electron chi connectivity index (χ2n) is 5.53. The van der Waals surface area contributed by atoms with Gasteiger partial charge < -0.3 is 4.42 Å². The standard InChI is InChI=1S/C14H14F3NO2/c1-13(2,3)11-8-18(12(19)20-11)10-6-4-5-9(7-10)14(15,16)17/h4-8H,1-3H3. The van der Waals surface area contributed by atoms with Crippen molar-refractivity contribution in [3.8, 4) is 5.69 Å². The van der Waals surface area contributed by atoms with Gasteiger partial charge in [-0.05, 0) is 18.2 Å². The van der Waals surface area contributed by atoms with Crippen molar-refractivity contribution in [3.63, 3.8) is 0 Å². The summed E-state index contributed by atoms with van der Waals surface area (Å²) in [5, 5.41) is 0. The van der Waals surface area contributed by atoms with Gasteiger partial charge in [0.2, 0.25) is 0 Å². The second kappa shape index (κ2) is 4.54. The monoisotopic (exact) mass is 285 g/mol. The van der Waals surface area contributed by atoms with Crippen LogP contribution in [0.25, 0.3) is 5.69 Å². The van der Waals surface area contributed by atoms with E-state index >= 15 is 0 Å². The van der Waals surface area contributed by atoms with E-state index in [9.17, 15) is 18.0 Å². The first-order valence-electron chi connectivity index (χ1n) is 5.99. The van der Waals surface area contributed by atoms with Crippen LogP contribution in [0.15, 0.2) is 39.7 Å². The molecule has 0 bridgehead atoms. The van der Waals surface area contributed by atoms with E-state index in [1.807, 2.05) is 20.8 Å². The van der Waals surface area contributed by atoms with Crippen LogP contribution in [-0.2, 0) is 11.6 Å². The van der Waals surface area contributed by atoms with Crippen LogP contribution in [0.2, 0.25) is 0 Å². The molecule has 0 N–H and O–H groups in total. The van der Waals surface area contributed by atoms with E-state index in [1.165, 1.54) is 18.3 Å². The molecule has 2 rings (SSSR count). The van der Waals surface area contributed by atoms with Crippen LogP contribution in [0.5, 0.6) is 0 Å². The van der Waals surface area contributed by atoms with Gasteiger partial charge in [0.05, 0.1) is 17.4 Å². The Bertz CT molecular complexity index is 675. The molecule has 1 heterocycles. The minimum absolute atomic E-state index is 0.129. The van der Waals surface area contributed by atoms with Crippen LogP contribution in [0.4, 0.5) is 13.2 Å². The third kappa shape index (κ3) is 2.79. The fourth-order valence-corrected chi connectivity index (χ4v) is 1.70. The van der Waals surface area contributed by atoms with Crippen molar-refractivity contribution in [3.05, 3.63) is 52.3 Å². The molecule has 0 aliphatic heterocycles. The lowest BCUT2D eigenvalue weighted by atomic mass is 9.94. The van der Waals surface area contributed by atoms with E-state index in [0.717, 1.165) is 16.7 Å². The lowest BCUT2D eigenvalue weighted by Crippen LogP contribution is -2.12. The average molecular weight is 285 g/mol. The quantitative estimate of drug-likeness (QED) is 0.800. The van der Waals surface area contributed by atoms with Gasteiger partial charge >= 0.3 is 11.9 Å². The van der Waals surface area contributed by atoms with Crippen molar-refractivity contribution < 1.29 is 17.6 Å². The highest BCUT2D eigenvalue weighted by Gasteiger charge is 2.31. The van der Waals surface area contributed by atoms with Gasteiger partial charge in [0.25, 0.3) is 0 Å². The summed E-state index contributed by atoms with van der Waals surface area (Å²) in [5.41, 5.74) is -1.07. The number of halogens is 3. The zero-order chi connectivity index (χ0) is 15.1. The normalized spacial score (nSPS) is 12.7. The van der Waals surface area contributed by atoms with Crippen molar-refractivity contribution in [1.29, 1.82) is 0 Å². The van der Waals surface area contributed by atoms with E-state index in [-0.39, 0.29) is 5.69 Å². The second-order valence-corrected chi connectivity index (χ2v) is 5.53. The van der Waals surface area contributed by atoms with E-state index in [2.05, 4.69) is 0 Å². The summed E-state index contributed by atoms with van der Waals surface area (Å²) in [7, 11) is 0. The number of hydrogen-bond acceptors (Lipinski definition) is 2. The summed E-state index contributed by atoms with van der Waals surface area (Å²) in [6.45, 7) is 5.55. The fraction of sp³-hybridized carbons (Fsp3) is 0.357. The van der Waals surface area contributed by atoms with Gasteiger partial charge in [-0.15, -0.1) is 0 Å². The van der Waals surface area contributed by atoms with Gasteiger partial charge in [-0.1, -0.05) is 26.8 Å². The summed E-state index contributed by atoms with van der Waals surface area (Å²) >= 11 is 0. The molecule has 0 saturated heterocycles. The number of benzene rings is 1. The Hall–Kier alpha value is -1.98. The molecule has 1 aromatic heterocycles. The van der Waals surface area contributed by atoms with Crippen LogP contribution >= 0.6 is 0 Å². The summed E-state index contributed by atoms with van der Waals surface area (Å²) < 4.78 is 44.2. The van der Waals surface area contributed by atoms with Gasteiger partial charge in [0.15, 0.2) is 0 Å². The fourth-order valence-electron chi connectivity index (χ4n) is 1.70. The number of aromatic nitrogens is 1. The zero-order valence-corrected chi connectivity index (χ0v) is 11.3. The lowest BCUT2D eigenvalue weighted by molar-refractivity contribution is -0.137. The Labute approximate surface area is 113 Å². The minimum atomic E-state index is -4.45. The predicted octanol–water partition coefficient (Wildman–Crippen LogP) is 3.75. The van der Waals surface area contributed by atoms with Crippen molar-refractivity contribution >= 4 is 0 Å². The summed E-state index contributed by atoms with van der Waals surface area (Å²) in [4.78, 5) is 11.8. The van der Waals surface area contributed by atoms with Crippen molar-refractivity contribution in [2.24, 2.45) is 0 Å². The molecule has 0 aliphatic carbocycles. The molecule has 0 unspecified atom stereocenters. The van der Waals surface area contributed by atoms with Gasteiger partial charge in [-0.2, -0.15) is 13.2 Å². The summed E-state index contributed by atoms with van der Waals surface area (Å²) in [6, 6.07) is 4.57. The van der Waals surface area contributed by atoms with Crippen molar-refractivity contribution in [2.75, 3.05) is 0 Å². The largest absolute Gasteiger partial charge is 0.423 e. The predicted molar refractivity (Wildman–Crippen MR) is 68.0 cm³/mol. The van der Waals surface area contributed by atoms with Crippen LogP contribution in [-0.4, -0.2) is 4.57 Å². The zero-order valence-electron chi connectivity index (χ0n) is 11.3. The first-order chi connectivity index (χ1) is 9.09. The number of oxazole rings is 1. The number of nitrogens with zero attached hydrogens (tertiary/aromatic N) is 1. The minimum Gasteiger partial charge on any atom is -0.412 e. The maximum atomic E-state index is 12.7. The Morgan fingerprint density at radius 1 is 1.15 bits per heavy atom. The number of rotatable bonds is 1. The highest BCUT2D eigenvalue weighted by atomic mass is 19.4. The molecule has 0 saturated carbocycles. The maximum absolute atomic E-state index is 12.7. The third-order valence-corrected chi connectivity index (χ3v) is 2.83. The summed E-state index contributed by atoms with van der Waals surface area (Å²) in [6.07, 6.45) is -3.02.